The minimum absolute atomic E-state index is 0.0241. The molecule has 0 aliphatic rings. The molecule has 0 aliphatic heterocycles. The molecule has 0 fully saturated rings. The number of nitrogens with zero attached hydrogens (tertiary/aromatic N) is 3. The highest BCUT2D eigenvalue weighted by Crippen LogP contribution is 2.19. The van der Waals surface area contributed by atoms with Crippen LogP contribution in [0.4, 0.5) is 0 Å². The number of carbonyl (C=O) groups is 1. The van der Waals surface area contributed by atoms with Crippen molar-refractivity contribution >= 4 is 28.9 Å². The average molecular weight is 403 g/mol. The van der Waals surface area contributed by atoms with E-state index in [-0.39, 0.29) is 12.5 Å². The monoisotopic (exact) mass is 402 g/mol. The van der Waals surface area contributed by atoms with Crippen molar-refractivity contribution in [2.75, 3.05) is 7.05 Å². The molecule has 3 aromatic carbocycles. The summed E-state index contributed by atoms with van der Waals surface area (Å²) in [5, 5.41) is 9.49. The molecule has 0 unspecified atom stereocenters. The van der Waals surface area contributed by atoms with Crippen molar-refractivity contribution in [2.24, 2.45) is 0 Å². The molecule has 4 aromatic rings. The molecule has 0 atom stereocenters. The van der Waals surface area contributed by atoms with Crippen molar-refractivity contribution in [1.82, 2.24) is 19.7 Å². The van der Waals surface area contributed by atoms with Crippen molar-refractivity contribution < 1.29 is 4.79 Å². The molecule has 146 valence electrons. The van der Waals surface area contributed by atoms with Gasteiger partial charge in [-0.25, -0.2) is 0 Å². The number of nitrogens with one attached hydrogen (secondary N) is 1. The SMILES string of the molecule is Cc1ccc(-c2n[nH]c(=S)n2CC(=O)N(C)Cc2ccc3ccccc3c2)cc1. The molecule has 1 aromatic heterocycles. The van der Waals surface area contributed by atoms with E-state index in [1.165, 1.54) is 16.3 Å². The summed E-state index contributed by atoms with van der Waals surface area (Å²) < 4.78 is 2.19. The van der Waals surface area contributed by atoms with Crippen LogP contribution >= 0.6 is 12.2 Å². The van der Waals surface area contributed by atoms with Crippen molar-refractivity contribution in [3.8, 4) is 11.4 Å². The summed E-state index contributed by atoms with van der Waals surface area (Å²) in [6.45, 7) is 2.71. The van der Waals surface area contributed by atoms with Crippen LogP contribution in [0.2, 0.25) is 0 Å². The highest BCUT2D eigenvalue weighted by Gasteiger charge is 2.15. The fraction of sp³-hybridized carbons (Fsp3) is 0.174. The summed E-state index contributed by atoms with van der Waals surface area (Å²) in [6, 6.07) is 22.5. The van der Waals surface area contributed by atoms with E-state index >= 15 is 0 Å². The smallest absolute Gasteiger partial charge is 0.242 e. The van der Waals surface area contributed by atoms with Crippen LogP contribution in [0.5, 0.6) is 0 Å². The first kappa shape index (κ1) is 19.1. The van der Waals surface area contributed by atoms with Gasteiger partial charge in [0.15, 0.2) is 10.6 Å². The molecule has 0 saturated heterocycles. The Morgan fingerprint density at radius 3 is 2.55 bits per heavy atom. The molecule has 0 radical (unpaired) electrons. The molecule has 4 rings (SSSR count). The molecule has 29 heavy (non-hydrogen) atoms. The van der Waals surface area contributed by atoms with Gasteiger partial charge in [0.05, 0.1) is 0 Å². The summed E-state index contributed by atoms with van der Waals surface area (Å²) in [7, 11) is 1.81. The Kier molecular flexibility index (Phi) is 5.27. The quantitative estimate of drug-likeness (QED) is 0.491. The minimum Gasteiger partial charge on any atom is -0.340 e. The summed E-state index contributed by atoms with van der Waals surface area (Å²) in [5.41, 5.74) is 3.18. The average Bonchev–Trinajstić information content (AvgIpc) is 3.08. The van der Waals surface area contributed by atoms with Gasteiger partial charge in [-0.15, -0.1) is 0 Å². The summed E-state index contributed by atoms with van der Waals surface area (Å²) >= 11 is 5.36. The number of likely N-dealkylation sites (N-methyl/N-ethyl adjacent to an activating group) is 1. The third kappa shape index (κ3) is 4.12. The molecule has 0 aliphatic carbocycles. The van der Waals surface area contributed by atoms with Gasteiger partial charge < -0.3 is 4.90 Å². The first-order valence-corrected chi connectivity index (χ1v) is 9.86. The van der Waals surface area contributed by atoms with Crippen LogP contribution in [0.15, 0.2) is 66.7 Å². The third-order valence-corrected chi connectivity index (χ3v) is 5.33. The van der Waals surface area contributed by atoms with Gasteiger partial charge >= 0.3 is 0 Å². The van der Waals surface area contributed by atoms with Gasteiger partial charge in [-0.05, 0) is 41.5 Å². The number of aromatic amines is 1. The Morgan fingerprint density at radius 1 is 1.07 bits per heavy atom. The van der Waals surface area contributed by atoms with E-state index in [0.717, 1.165) is 11.1 Å². The van der Waals surface area contributed by atoms with Gasteiger partial charge in [-0.3, -0.25) is 14.5 Å². The molecule has 1 amide bonds. The number of hydrogen-bond donors (Lipinski definition) is 1. The number of rotatable bonds is 5. The maximum atomic E-state index is 12.9. The molecular formula is C23H22N4OS. The maximum Gasteiger partial charge on any atom is 0.242 e. The Bertz CT molecular complexity index is 1220. The van der Waals surface area contributed by atoms with Crippen LogP contribution in [-0.2, 0) is 17.9 Å². The predicted molar refractivity (Wildman–Crippen MR) is 118 cm³/mol. The lowest BCUT2D eigenvalue weighted by Crippen LogP contribution is -2.30. The number of fused-ring (bicyclic) bond motifs is 1. The standard InChI is InChI=1S/C23H22N4OS/c1-16-7-10-19(11-8-16)22-24-25-23(29)27(22)15-21(28)26(2)14-17-9-12-18-5-3-4-6-20(18)13-17/h3-13H,14-15H2,1-2H3,(H,25,29). The molecule has 0 bridgehead atoms. The van der Waals surface area contributed by atoms with E-state index in [1.807, 2.05) is 50.4 Å². The molecule has 1 N–H and O–H groups in total. The zero-order chi connectivity index (χ0) is 20.4. The Labute approximate surface area is 174 Å². The second-order valence-electron chi connectivity index (χ2n) is 7.24. The highest BCUT2D eigenvalue weighted by molar-refractivity contribution is 7.71. The van der Waals surface area contributed by atoms with Gasteiger partial charge in [-0.2, -0.15) is 5.10 Å². The van der Waals surface area contributed by atoms with Gasteiger partial charge in [0, 0.05) is 19.2 Å². The summed E-state index contributed by atoms with van der Waals surface area (Å²) in [4.78, 5) is 14.6. The molecule has 0 saturated carbocycles. The number of H-pyrrole nitrogens is 1. The molecule has 0 spiro atoms. The second-order valence-corrected chi connectivity index (χ2v) is 7.62. The van der Waals surface area contributed by atoms with Crippen LogP contribution in [-0.4, -0.2) is 32.6 Å². The normalized spacial score (nSPS) is 11.0. The zero-order valence-electron chi connectivity index (χ0n) is 16.4. The number of benzene rings is 3. The Balaban J connectivity index is 1.52. The minimum atomic E-state index is -0.0241. The third-order valence-electron chi connectivity index (χ3n) is 5.02. The first-order chi connectivity index (χ1) is 14.0. The van der Waals surface area contributed by atoms with Gasteiger partial charge in [0.2, 0.25) is 5.91 Å². The number of amides is 1. The number of aromatic nitrogens is 3. The number of hydrogen-bond acceptors (Lipinski definition) is 3. The van der Waals surface area contributed by atoms with Crippen molar-refractivity contribution in [2.45, 2.75) is 20.0 Å². The molecule has 6 heteroatoms. The molecule has 1 heterocycles. The van der Waals surface area contributed by atoms with Crippen LogP contribution in [0.3, 0.4) is 0 Å². The van der Waals surface area contributed by atoms with Gasteiger partial charge in [-0.1, -0.05) is 66.2 Å². The predicted octanol–water partition coefficient (Wildman–Crippen LogP) is 4.73. The van der Waals surface area contributed by atoms with Crippen molar-refractivity contribution in [3.63, 3.8) is 0 Å². The lowest BCUT2D eigenvalue weighted by atomic mass is 10.1. The van der Waals surface area contributed by atoms with Crippen molar-refractivity contribution in [1.29, 1.82) is 0 Å². The van der Waals surface area contributed by atoms with E-state index in [0.29, 0.717) is 17.1 Å². The van der Waals surface area contributed by atoms with E-state index in [2.05, 4.69) is 40.5 Å². The summed E-state index contributed by atoms with van der Waals surface area (Å²) in [5.74, 6) is 0.645. The largest absolute Gasteiger partial charge is 0.340 e. The lowest BCUT2D eigenvalue weighted by Gasteiger charge is -2.18. The fourth-order valence-electron chi connectivity index (χ4n) is 3.34. The summed E-state index contributed by atoms with van der Waals surface area (Å²) in [6.07, 6.45) is 0. The van der Waals surface area contributed by atoms with Crippen LogP contribution in [0.1, 0.15) is 11.1 Å². The van der Waals surface area contributed by atoms with E-state index in [9.17, 15) is 4.79 Å². The lowest BCUT2D eigenvalue weighted by molar-refractivity contribution is -0.131. The topological polar surface area (TPSA) is 53.9 Å². The fourth-order valence-corrected chi connectivity index (χ4v) is 3.54. The first-order valence-electron chi connectivity index (χ1n) is 9.45. The Hall–Kier alpha value is -3.25. The van der Waals surface area contributed by atoms with E-state index in [4.69, 9.17) is 12.2 Å². The van der Waals surface area contributed by atoms with Crippen LogP contribution in [0.25, 0.3) is 22.2 Å². The van der Waals surface area contributed by atoms with E-state index < -0.39 is 0 Å². The van der Waals surface area contributed by atoms with Gasteiger partial charge in [0.1, 0.15) is 6.54 Å². The molecular weight excluding hydrogens is 380 g/mol. The number of carbonyl (C=O) groups excluding carboxylic acids is 1. The number of aryl methyl sites for hydroxylation is 1. The van der Waals surface area contributed by atoms with Gasteiger partial charge in [0.25, 0.3) is 0 Å². The maximum absolute atomic E-state index is 12.9. The van der Waals surface area contributed by atoms with Crippen molar-refractivity contribution in [3.05, 3.63) is 82.6 Å². The molecule has 5 nitrogen and oxygen atoms in total. The van der Waals surface area contributed by atoms with E-state index in [1.54, 1.807) is 9.47 Å². The highest BCUT2D eigenvalue weighted by atomic mass is 32.1. The zero-order valence-corrected chi connectivity index (χ0v) is 17.2. The van der Waals surface area contributed by atoms with Crippen LogP contribution in [0, 0.1) is 11.7 Å². The van der Waals surface area contributed by atoms with Crippen LogP contribution < -0.4 is 0 Å². The Morgan fingerprint density at radius 2 is 1.79 bits per heavy atom. The second kappa shape index (κ2) is 8.01.